The monoisotopic (exact) mass is 260 g/mol. The first-order chi connectivity index (χ1) is 9.74. The number of nitrogens with zero attached hydrogens (tertiary/aromatic N) is 5. The van der Waals surface area contributed by atoms with E-state index >= 15 is 0 Å². The van der Waals surface area contributed by atoms with Crippen LogP contribution in [0.3, 0.4) is 0 Å². The van der Waals surface area contributed by atoms with E-state index in [0.29, 0.717) is 5.69 Å². The molecule has 0 radical (unpaired) electrons. The van der Waals surface area contributed by atoms with Crippen molar-refractivity contribution in [2.24, 2.45) is 0 Å². The molecule has 20 heavy (non-hydrogen) atoms. The molecule has 6 heteroatoms. The number of rotatable bonds is 1. The number of pyridine rings is 1. The molecule has 2 aromatic heterocycles. The highest BCUT2D eigenvalue weighted by Crippen LogP contribution is 2.24. The first-order valence-electron chi connectivity index (χ1n) is 5.76. The molecule has 0 saturated carbocycles. The molecule has 6 nitrogen and oxygen atoms in total. The second-order valence-corrected chi connectivity index (χ2v) is 4.14. The van der Waals surface area contributed by atoms with Gasteiger partial charge in [0, 0.05) is 17.3 Å². The first kappa shape index (κ1) is 11.7. The molecular formula is C14H8N6. The van der Waals surface area contributed by atoms with Gasteiger partial charge >= 0.3 is 0 Å². The van der Waals surface area contributed by atoms with Gasteiger partial charge in [-0.05, 0) is 24.3 Å². The fourth-order valence-electron chi connectivity index (χ4n) is 2.08. The number of nitrogens with two attached hydrogens (primary N) is 1. The molecule has 0 unspecified atom stereocenters. The third kappa shape index (κ3) is 1.64. The van der Waals surface area contributed by atoms with E-state index in [9.17, 15) is 5.26 Å². The van der Waals surface area contributed by atoms with Crippen LogP contribution in [0.2, 0.25) is 0 Å². The zero-order chi connectivity index (χ0) is 14.1. The molecule has 3 aromatic rings. The number of hydrogen-bond acceptors (Lipinski definition) is 5. The Morgan fingerprint density at radius 3 is 2.70 bits per heavy atom. The Labute approximate surface area is 114 Å². The van der Waals surface area contributed by atoms with E-state index in [0.717, 1.165) is 16.6 Å². The Kier molecular flexibility index (Phi) is 2.56. The molecule has 3 rings (SSSR count). The molecule has 0 saturated heterocycles. The van der Waals surface area contributed by atoms with Gasteiger partial charge in [0.1, 0.15) is 18.5 Å². The summed E-state index contributed by atoms with van der Waals surface area (Å²) in [6.45, 7) is 0. The summed E-state index contributed by atoms with van der Waals surface area (Å²) in [5, 5.41) is 19.0. The van der Waals surface area contributed by atoms with Crippen LogP contribution in [-0.4, -0.2) is 14.5 Å². The normalized spacial score (nSPS) is 10.1. The lowest BCUT2D eigenvalue weighted by molar-refractivity contribution is 1.04. The standard InChI is InChI=1S/C14H8N6/c15-6-12-14(7-16)20(8-19-12)13-3-4-18-11-5-9(17)1-2-10(11)13/h1-5,8H,17H2. The number of nitriles is 2. The van der Waals surface area contributed by atoms with Gasteiger partial charge in [-0.3, -0.25) is 9.55 Å². The summed E-state index contributed by atoms with van der Waals surface area (Å²) in [5.74, 6) is 0. The predicted octanol–water partition coefficient (Wildman–Crippen LogP) is 1.75. The summed E-state index contributed by atoms with van der Waals surface area (Å²) in [4.78, 5) is 8.19. The molecule has 0 spiro atoms. The molecule has 2 N–H and O–H groups in total. The van der Waals surface area contributed by atoms with Crippen LogP contribution in [0, 0.1) is 22.7 Å². The molecular weight excluding hydrogens is 252 g/mol. The van der Waals surface area contributed by atoms with Crippen molar-refractivity contribution < 1.29 is 0 Å². The van der Waals surface area contributed by atoms with E-state index in [-0.39, 0.29) is 11.4 Å². The van der Waals surface area contributed by atoms with Gasteiger partial charge in [0.15, 0.2) is 11.4 Å². The van der Waals surface area contributed by atoms with E-state index in [4.69, 9.17) is 11.0 Å². The zero-order valence-corrected chi connectivity index (χ0v) is 10.3. The van der Waals surface area contributed by atoms with Gasteiger partial charge < -0.3 is 5.73 Å². The fraction of sp³-hybridized carbons (Fsp3) is 0. The lowest BCUT2D eigenvalue weighted by Crippen LogP contribution is -1.99. The van der Waals surface area contributed by atoms with Crippen LogP contribution >= 0.6 is 0 Å². The summed E-state index contributed by atoms with van der Waals surface area (Å²) < 4.78 is 1.58. The summed E-state index contributed by atoms with van der Waals surface area (Å²) in [7, 11) is 0. The molecule has 0 aliphatic rings. The third-order valence-electron chi connectivity index (χ3n) is 2.98. The van der Waals surface area contributed by atoms with Gasteiger partial charge in [-0.25, -0.2) is 4.98 Å². The Morgan fingerprint density at radius 1 is 1.10 bits per heavy atom. The Hall–Kier alpha value is -3.38. The van der Waals surface area contributed by atoms with Gasteiger partial charge in [-0.1, -0.05) is 0 Å². The van der Waals surface area contributed by atoms with Gasteiger partial charge in [0.05, 0.1) is 11.2 Å². The maximum atomic E-state index is 9.20. The molecule has 0 atom stereocenters. The van der Waals surface area contributed by atoms with Gasteiger partial charge in [-0.2, -0.15) is 10.5 Å². The lowest BCUT2D eigenvalue weighted by Gasteiger charge is -2.08. The second kappa shape index (κ2) is 4.38. The highest BCUT2D eigenvalue weighted by atomic mass is 15.1. The van der Waals surface area contributed by atoms with Gasteiger partial charge in [0.25, 0.3) is 0 Å². The van der Waals surface area contributed by atoms with E-state index in [1.807, 2.05) is 18.2 Å². The molecule has 0 fully saturated rings. The van der Waals surface area contributed by atoms with Crippen molar-refractivity contribution in [3.63, 3.8) is 0 Å². The molecule has 2 heterocycles. The van der Waals surface area contributed by atoms with Crippen molar-refractivity contribution in [2.75, 3.05) is 5.73 Å². The van der Waals surface area contributed by atoms with Crippen molar-refractivity contribution in [3.05, 3.63) is 48.2 Å². The van der Waals surface area contributed by atoms with Gasteiger partial charge in [0.2, 0.25) is 0 Å². The first-order valence-corrected chi connectivity index (χ1v) is 5.76. The van der Waals surface area contributed by atoms with Gasteiger partial charge in [-0.15, -0.1) is 0 Å². The minimum Gasteiger partial charge on any atom is -0.399 e. The SMILES string of the molecule is N#Cc1ncn(-c2ccnc3cc(N)ccc23)c1C#N. The second-order valence-electron chi connectivity index (χ2n) is 4.14. The van der Waals surface area contributed by atoms with Crippen molar-refractivity contribution in [1.82, 2.24) is 14.5 Å². The van der Waals surface area contributed by atoms with Crippen molar-refractivity contribution in [1.29, 1.82) is 10.5 Å². The molecule has 0 aliphatic heterocycles. The van der Waals surface area contributed by atoms with Crippen LogP contribution in [0.5, 0.6) is 0 Å². The number of imidazole rings is 1. The third-order valence-corrected chi connectivity index (χ3v) is 2.98. The predicted molar refractivity (Wildman–Crippen MR) is 72.7 cm³/mol. The summed E-state index contributed by atoms with van der Waals surface area (Å²) >= 11 is 0. The lowest BCUT2D eigenvalue weighted by atomic mass is 10.1. The molecule has 94 valence electrons. The number of anilines is 1. The molecule has 1 aromatic carbocycles. The number of benzene rings is 1. The van der Waals surface area contributed by atoms with Crippen molar-refractivity contribution in [3.8, 4) is 17.8 Å². The molecule has 0 aliphatic carbocycles. The van der Waals surface area contributed by atoms with Crippen LogP contribution in [0.1, 0.15) is 11.4 Å². The van der Waals surface area contributed by atoms with E-state index in [2.05, 4.69) is 9.97 Å². The quantitative estimate of drug-likeness (QED) is 0.671. The number of aromatic nitrogens is 3. The largest absolute Gasteiger partial charge is 0.399 e. The minimum atomic E-state index is 0.105. The zero-order valence-electron chi connectivity index (χ0n) is 10.3. The number of hydrogen-bond donors (Lipinski definition) is 1. The number of nitrogen functional groups attached to an aromatic ring is 1. The fourth-order valence-corrected chi connectivity index (χ4v) is 2.08. The van der Waals surface area contributed by atoms with Crippen LogP contribution < -0.4 is 5.73 Å². The topological polar surface area (TPSA) is 104 Å². The molecule has 0 amide bonds. The van der Waals surface area contributed by atoms with Crippen molar-refractivity contribution >= 4 is 16.6 Å². The highest BCUT2D eigenvalue weighted by Gasteiger charge is 2.13. The number of fused-ring (bicyclic) bond motifs is 1. The minimum absolute atomic E-state index is 0.105. The summed E-state index contributed by atoms with van der Waals surface area (Å²) in [6.07, 6.45) is 3.09. The highest BCUT2D eigenvalue weighted by molar-refractivity contribution is 5.89. The van der Waals surface area contributed by atoms with Crippen LogP contribution in [0.15, 0.2) is 36.8 Å². The van der Waals surface area contributed by atoms with E-state index in [1.165, 1.54) is 6.33 Å². The Morgan fingerprint density at radius 2 is 1.95 bits per heavy atom. The van der Waals surface area contributed by atoms with Crippen LogP contribution in [-0.2, 0) is 0 Å². The maximum Gasteiger partial charge on any atom is 0.177 e. The van der Waals surface area contributed by atoms with Crippen LogP contribution in [0.25, 0.3) is 16.6 Å². The average molecular weight is 260 g/mol. The maximum absolute atomic E-state index is 9.20. The Balaban J connectivity index is 2.34. The molecule has 0 bridgehead atoms. The Bertz CT molecular complexity index is 894. The van der Waals surface area contributed by atoms with E-state index < -0.39 is 0 Å². The summed E-state index contributed by atoms with van der Waals surface area (Å²) in [5.41, 5.74) is 8.12. The smallest absolute Gasteiger partial charge is 0.177 e. The van der Waals surface area contributed by atoms with Crippen LogP contribution in [0.4, 0.5) is 5.69 Å². The summed E-state index contributed by atoms with van der Waals surface area (Å²) in [6, 6.07) is 11.0. The van der Waals surface area contributed by atoms with Crippen molar-refractivity contribution in [2.45, 2.75) is 0 Å². The average Bonchev–Trinajstić information content (AvgIpc) is 2.88. The van der Waals surface area contributed by atoms with E-state index in [1.54, 1.807) is 29.0 Å².